The van der Waals surface area contributed by atoms with Crippen molar-refractivity contribution in [3.8, 4) is 17.0 Å². The predicted octanol–water partition coefficient (Wildman–Crippen LogP) is 4.55. The Morgan fingerprint density at radius 3 is 2.48 bits per heavy atom. The molecule has 4 nitrogen and oxygen atoms in total. The summed E-state index contributed by atoms with van der Waals surface area (Å²) >= 11 is 3.42. The monoisotopic (exact) mass is 370 g/mol. The van der Waals surface area contributed by atoms with E-state index in [9.17, 15) is 4.79 Å². The number of hydrogen-bond acceptors (Lipinski definition) is 3. The molecule has 0 spiro atoms. The van der Waals surface area contributed by atoms with Crippen LogP contribution in [-0.2, 0) is 6.61 Å². The van der Waals surface area contributed by atoms with E-state index in [-0.39, 0.29) is 5.91 Å². The van der Waals surface area contributed by atoms with Crippen molar-refractivity contribution in [3.05, 3.63) is 70.8 Å². The van der Waals surface area contributed by atoms with Gasteiger partial charge in [0.1, 0.15) is 6.61 Å². The summed E-state index contributed by atoms with van der Waals surface area (Å²) in [6, 6.07) is 17.7. The van der Waals surface area contributed by atoms with Gasteiger partial charge in [-0.1, -0.05) is 58.4 Å². The van der Waals surface area contributed by atoms with Crippen LogP contribution in [0.2, 0.25) is 0 Å². The number of nitrogens with zero attached hydrogens (tertiary/aromatic N) is 2. The Hall–Kier alpha value is -2.40. The molecule has 0 saturated heterocycles. The minimum Gasteiger partial charge on any atom is -0.471 e. The molecule has 3 rings (SSSR count). The number of carbonyl (C=O) groups is 1. The van der Waals surface area contributed by atoms with Crippen LogP contribution in [0.5, 0.6) is 5.88 Å². The first-order chi connectivity index (χ1) is 11.1. The van der Waals surface area contributed by atoms with Crippen molar-refractivity contribution in [3.63, 3.8) is 0 Å². The molecule has 1 aromatic heterocycles. The van der Waals surface area contributed by atoms with Crippen molar-refractivity contribution in [2.45, 2.75) is 13.5 Å². The van der Waals surface area contributed by atoms with Crippen LogP contribution in [0.25, 0.3) is 11.1 Å². The Morgan fingerprint density at radius 1 is 1.13 bits per heavy atom. The molecule has 0 aliphatic rings. The normalized spacial score (nSPS) is 10.5. The van der Waals surface area contributed by atoms with Gasteiger partial charge in [0, 0.05) is 17.6 Å². The van der Waals surface area contributed by atoms with Crippen LogP contribution in [0.1, 0.15) is 17.3 Å². The molecule has 0 amide bonds. The molecule has 0 saturated carbocycles. The summed E-state index contributed by atoms with van der Waals surface area (Å²) < 4.78 is 8.14. The number of rotatable bonds is 4. The van der Waals surface area contributed by atoms with Crippen LogP contribution >= 0.6 is 15.9 Å². The van der Waals surface area contributed by atoms with E-state index in [1.165, 1.54) is 11.6 Å². The molecule has 0 radical (unpaired) electrons. The standard InChI is InChI=1S/C18H15BrN2O2/c1-13(22)21-11-17(15-7-9-16(19)10-8-15)18(20-21)23-12-14-5-3-2-4-6-14/h2-11H,12H2,1H3. The van der Waals surface area contributed by atoms with E-state index >= 15 is 0 Å². The maximum Gasteiger partial charge on any atom is 0.243 e. The van der Waals surface area contributed by atoms with E-state index < -0.39 is 0 Å². The van der Waals surface area contributed by atoms with Crippen molar-refractivity contribution in [1.82, 2.24) is 9.78 Å². The summed E-state index contributed by atoms with van der Waals surface area (Å²) in [7, 11) is 0. The smallest absolute Gasteiger partial charge is 0.243 e. The van der Waals surface area contributed by atoms with Crippen molar-refractivity contribution < 1.29 is 9.53 Å². The summed E-state index contributed by atoms with van der Waals surface area (Å²) in [6.45, 7) is 1.87. The molecular formula is C18H15BrN2O2. The Bertz CT molecular complexity index is 811. The van der Waals surface area contributed by atoms with Crippen LogP contribution in [0, 0.1) is 0 Å². The van der Waals surface area contributed by atoms with E-state index in [2.05, 4.69) is 21.0 Å². The topological polar surface area (TPSA) is 44.1 Å². The van der Waals surface area contributed by atoms with Crippen molar-refractivity contribution >= 4 is 21.8 Å². The van der Waals surface area contributed by atoms with Gasteiger partial charge >= 0.3 is 0 Å². The van der Waals surface area contributed by atoms with E-state index in [1.807, 2.05) is 54.6 Å². The summed E-state index contributed by atoms with van der Waals surface area (Å²) in [5.74, 6) is 0.296. The Labute approximate surface area is 142 Å². The van der Waals surface area contributed by atoms with E-state index in [0.717, 1.165) is 21.2 Å². The fourth-order valence-electron chi connectivity index (χ4n) is 2.18. The molecule has 116 valence electrons. The highest BCUT2D eigenvalue weighted by Gasteiger charge is 2.14. The van der Waals surface area contributed by atoms with Crippen LogP contribution in [0.15, 0.2) is 65.3 Å². The van der Waals surface area contributed by atoms with Crippen LogP contribution in [0.3, 0.4) is 0 Å². The molecule has 23 heavy (non-hydrogen) atoms. The molecule has 5 heteroatoms. The number of carbonyl (C=O) groups excluding carboxylic acids is 1. The van der Waals surface area contributed by atoms with Gasteiger partial charge in [-0.2, -0.15) is 0 Å². The minimum absolute atomic E-state index is 0.155. The predicted molar refractivity (Wildman–Crippen MR) is 92.4 cm³/mol. The third-order valence-corrected chi connectivity index (χ3v) is 3.91. The second kappa shape index (κ2) is 6.79. The van der Waals surface area contributed by atoms with E-state index in [1.54, 1.807) is 6.20 Å². The first kappa shape index (κ1) is 15.5. The zero-order valence-electron chi connectivity index (χ0n) is 12.6. The molecule has 0 aliphatic heterocycles. The summed E-state index contributed by atoms with van der Waals surface area (Å²) in [5.41, 5.74) is 2.79. The Kier molecular flexibility index (Phi) is 4.57. The number of aromatic nitrogens is 2. The first-order valence-corrected chi connectivity index (χ1v) is 7.96. The number of hydrogen-bond donors (Lipinski definition) is 0. The van der Waals surface area contributed by atoms with Gasteiger partial charge in [0.25, 0.3) is 0 Å². The van der Waals surface area contributed by atoms with Gasteiger partial charge in [0.05, 0.1) is 5.56 Å². The van der Waals surface area contributed by atoms with Gasteiger partial charge in [-0.05, 0) is 23.3 Å². The molecule has 0 N–H and O–H groups in total. The summed E-state index contributed by atoms with van der Waals surface area (Å²) in [4.78, 5) is 11.6. The van der Waals surface area contributed by atoms with Crippen molar-refractivity contribution in [1.29, 1.82) is 0 Å². The lowest BCUT2D eigenvalue weighted by Gasteiger charge is -2.06. The van der Waals surface area contributed by atoms with Gasteiger partial charge in [0.2, 0.25) is 11.8 Å². The quantitative estimate of drug-likeness (QED) is 0.676. The average molecular weight is 371 g/mol. The van der Waals surface area contributed by atoms with E-state index in [4.69, 9.17) is 4.74 Å². The Morgan fingerprint density at radius 2 is 1.83 bits per heavy atom. The van der Waals surface area contributed by atoms with Gasteiger partial charge in [-0.3, -0.25) is 4.79 Å². The highest BCUT2D eigenvalue weighted by atomic mass is 79.9. The summed E-state index contributed by atoms with van der Waals surface area (Å²) in [5, 5.41) is 4.26. The highest BCUT2D eigenvalue weighted by molar-refractivity contribution is 9.10. The second-order valence-electron chi connectivity index (χ2n) is 5.09. The molecule has 3 aromatic rings. The molecule has 0 atom stereocenters. The zero-order valence-corrected chi connectivity index (χ0v) is 14.2. The fraction of sp³-hybridized carbons (Fsp3) is 0.111. The maximum atomic E-state index is 11.6. The number of ether oxygens (including phenoxy) is 1. The van der Waals surface area contributed by atoms with Gasteiger partial charge in [-0.15, -0.1) is 5.10 Å². The fourth-order valence-corrected chi connectivity index (χ4v) is 2.44. The zero-order chi connectivity index (χ0) is 16.2. The average Bonchev–Trinajstić information content (AvgIpc) is 2.99. The van der Waals surface area contributed by atoms with Crippen molar-refractivity contribution in [2.75, 3.05) is 0 Å². The lowest BCUT2D eigenvalue weighted by atomic mass is 10.1. The van der Waals surface area contributed by atoms with Crippen molar-refractivity contribution in [2.24, 2.45) is 0 Å². The maximum absolute atomic E-state index is 11.6. The highest BCUT2D eigenvalue weighted by Crippen LogP contribution is 2.30. The lowest BCUT2D eigenvalue weighted by molar-refractivity contribution is 0.0918. The molecule has 0 bridgehead atoms. The molecule has 2 aromatic carbocycles. The number of halogens is 1. The lowest BCUT2D eigenvalue weighted by Crippen LogP contribution is -2.06. The third-order valence-electron chi connectivity index (χ3n) is 3.38. The molecule has 1 heterocycles. The molecule has 0 unspecified atom stereocenters. The minimum atomic E-state index is -0.155. The van der Waals surface area contributed by atoms with Gasteiger partial charge < -0.3 is 4.74 Å². The first-order valence-electron chi connectivity index (χ1n) is 7.17. The third kappa shape index (κ3) is 3.68. The van der Waals surface area contributed by atoms with Crippen LogP contribution in [-0.4, -0.2) is 15.7 Å². The molecular weight excluding hydrogens is 356 g/mol. The Balaban J connectivity index is 1.91. The number of benzene rings is 2. The van der Waals surface area contributed by atoms with Gasteiger partial charge in [0.15, 0.2) is 0 Å². The van der Waals surface area contributed by atoms with E-state index in [0.29, 0.717) is 12.5 Å². The van der Waals surface area contributed by atoms with Crippen LogP contribution in [0.4, 0.5) is 0 Å². The largest absolute Gasteiger partial charge is 0.471 e. The molecule has 0 aliphatic carbocycles. The molecule has 0 fully saturated rings. The summed E-state index contributed by atoms with van der Waals surface area (Å²) in [6.07, 6.45) is 1.70. The van der Waals surface area contributed by atoms with Crippen LogP contribution < -0.4 is 4.74 Å². The van der Waals surface area contributed by atoms with Gasteiger partial charge in [-0.25, -0.2) is 4.68 Å². The SMILES string of the molecule is CC(=O)n1cc(-c2ccc(Br)cc2)c(OCc2ccccc2)n1. The second-order valence-corrected chi connectivity index (χ2v) is 6.01.